The van der Waals surface area contributed by atoms with Crippen LogP contribution in [-0.4, -0.2) is 11.5 Å². The highest BCUT2D eigenvalue weighted by Gasteiger charge is 1.99. The maximum Gasteiger partial charge on any atom is 0.127 e. The number of hydrogen-bond acceptors (Lipinski definition) is 3. The highest BCUT2D eigenvalue weighted by molar-refractivity contribution is 7.98. The number of thioether (sulfide) groups is 1. The summed E-state index contributed by atoms with van der Waals surface area (Å²) in [6.45, 7) is 5.10. The third-order valence-corrected chi connectivity index (χ3v) is 3.55. The quantitative estimate of drug-likeness (QED) is 0.817. The molecule has 1 heterocycles. The topological polar surface area (TPSA) is 24.9 Å². The summed E-state index contributed by atoms with van der Waals surface area (Å²) in [5, 5.41) is 4.30. The van der Waals surface area contributed by atoms with Crippen LogP contribution in [0.2, 0.25) is 0 Å². The van der Waals surface area contributed by atoms with Crippen LogP contribution in [0.15, 0.2) is 47.5 Å². The zero-order valence-electron chi connectivity index (χ0n) is 10.8. The number of aromatic nitrogens is 1. The summed E-state index contributed by atoms with van der Waals surface area (Å²) in [6, 6.07) is 14.7. The zero-order valence-corrected chi connectivity index (χ0v) is 11.6. The van der Waals surface area contributed by atoms with Gasteiger partial charge in [0.25, 0.3) is 0 Å². The third-order valence-electron chi connectivity index (χ3n) is 2.55. The van der Waals surface area contributed by atoms with E-state index < -0.39 is 0 Å². The first-order chi connectivity index (χ1) is 8.78. The molecule has 0 fully saturated rings. The summed E-state index contributed by atoms with van der Waals surface area (Å²) in [5.41, 5.74) is 2.65. The van der Waals surface area contributed by atoms with Crippen LogP contribution in [0.5, 0.6) is 0 Å². The van der Waals surface area contributed by atoms with Crippen LogP contribution in [0.25, 0.3) is 0 Å². The number of benzene rings is 1. The zero-order chi connectivity index (χ0) is 12.8. The van der Waals surface area contributed by atoms with Crippen LogP contribution in [0.4, 0.5) is 5.82 Å². The minimum absolute atomic E-state index is 0.902. The molecule has 0 unspecified atom stereocenters. The number of pyridine rings is 1. The second-order valence-corrected chi connectivity index (χ2v) is 5.16. The van der Waals surface area contributed by atoms with Crippen molar-refractivity contribution in [2.24, 2.45) is 0 Å². The van der Waals surface area contributed by atoms with Crippen LogP contribution < -0.4 is 5.32 Å². The first kappa shape index (κ1) is 13.0. The first-order valence-corrected chi connectivity index (χ1v) is 7.16. The standard InChI is InChI=1S/C15H18N2S/c1-3-16-14-8-5-9-15(17-14)18-11-13-7-4-6-12(2)10-13/h4-10H,3,11H2,1-2H3,(H,16,17). The molecule has 2 rings (SSSR count). The normalized spacial score (nSPS) is 10.3. The van der Waals surface area contributed by atoms with Crippen molar-refractivity contribution in [3.05, 3.63) is 53.6 Å². The van der Waals surface area contributed by atoms with E-state index >= 15 is 0 Å². The Balaban J connectivity index is 1.99. The lowest BCUT2D eigenvalue weighted by atomic mass is 10.2. The SMILES string of the molecule is CCNc1cccc(SCc2cccc(C)c2)n1. The van der Waals surface area contributed by atoms with E-state index in [0.717, 1.165) is 23.1 Å². The summed E-state index contributed by atoms with van der Waals surface area (Å²) in [5.74, 6) is 1.91. The number of anilines is 1. The van der Waals surface area contributed by atoms with E-state index in [4.69, 9.17) is 0 Å². The van der Waals surface area contributed by atoms with Gasteiger partial charge in [0.05, 0.1) is 5.03 Å². The van der Waals surface area contributed by atoms with E-state index in [9.17, 15) is 0 Å². The largest absolute Gasteiger partial charge is 0.370 e. The minimum atomic E-state index is 0.902. The van der Waals surface area contributed by atoms with Crippen molar-refractivity contribution in [3.63, 3.8) is 0 Å². The van der Waals surface area contributed by atoms with Gasteiger partial charge >= 0.3 is 0 Å². The molecular weight excluding hydrogens is 240 g/mol. The number of nitrogens with zero attached hydrogens (tertiary/aromatic N) is 1. The molecule has 18 heavy (non-hydrogen) atoms. The Hall–Kier alpha value is -1.48. The highest BCUT2D eigenvalue weighted by atomic mass is 32.2. The van der Waals surface area contributed by atoms with Gasteiger partial charge in [0.1, 0.15) is 5.82 Å². The molecule has 2 aromatic rings. The second-order valence-electron chi connectivity index (χ2n) is 4.17. The van der Waals surface area contributed by atoms with Crippen molar-refractivity contribution in [1.82, 2.24) is 4.98 Å². The monoisotopic (exact) mass is 258 g/mol. The van der Waals surface area contributed by atoms with Crippen molar-refractivity contribution >= 4 is 17.6 Å². The Morgan fingerprint density at radius 3 is 2.78 bits per heavy atom. The van der Waals surface area contributed by atoms with Gasteiger partial charge in [-0.25, -0.2) is 4.98 Å². The molecule has 1 N–H and O–H groups in total. The molecule has 0 spiro atoms. The van der Waals surface area contributed by atoms with E-state index in [0.29, 0.717) is 0 Å². The number of hydrogen-bond donors (Lipinski definition) is 1. The molecule has 94 valence electrons. The maximum absolute atomic E-state index is 4.55. The van der Waals surface area contributed by atoms with E-state index in [1.807, 2.05) is 12.1 Å². The fourth-order valence-corrected chi connectivity index (χ4v) is 2.57. The molecule has 0 aliphatic carbocycles. The van der Waals surface area contributed by atoms with Crippen molar-refractivity contribution in [2.45, 2.75) is 24.6 Å². The van der Waals surface area contributed by atoms with Gasteiger partial charge in [0, 0.05) is 12.3 Å². The Kier molecular flexibility index (Phi) is 4.65. The van der Waals surface area contributed by atoms with Gasteiger partial charge in [-0.05, 0) is 31.5 Å². The van der Waals surface area contributed by atoms with E-state index in [1.54, 1.807) is 11.8 Å². The van der Waals surface area contributed by atoms with Gasteiger partial charge in [0.2, 0.25) is 0 Å². The Labute approximate surface area is 113 Å². The molecule has 1 aromatic heterocycles. The Bertz CT molecular complexity index is 511. The summed E-state index contributed by atoms with van der Waals surface area (Å²) < 4.78 is 0. The summed E-state index contributed by atoms with van der Waals surface area (Å²) in [7, 11) is 0. The van der Waals surface area contributed by atoms with Gasteiger partial charge in [-0.2, -0.15) is 0 Å². The average Bonchev–Trinajstić information content (AvgIpc) is 2.37. The van der Waals surface area contributed by atoms with Crippen LogP contribution in [0.1, 0.15) is 18.1 Å². The van der Waals surface area contributed by atoms with Gasteiger partial charge in [-0.15, -0.1) is 11.8 Å². The lowest BCUT2D eigenvalue weighted by molar-refractivity contribution is 1.08. The smallest absolute Gasteiger partial charge is 0.127 e. The van der Waals surface area contributed by atoms with Crippen LogP contribution in [-0.2, 0) is 5.75 Å². The fraction of sp³-hybridized carbons (Fsp3) is 0.267. The molecule has 1 aromatic carbocycles. The second kappa shape index (κ2) is 6.45. The Morgan fingerprint density at radius 2 is 2.00 bits per heavy atom. The lowest BCUT2D eigenvalue weighted by Crippen LogP contribution is -1.99. The van der Waals surface area contributed by atoms with E-state index in [-0.39, 0.29) is 0 Å². The predicted molar refractivity (Wildman–Crippen MR) is 79.1 cm³/mol. The van der Waals surface area contributed by atoms with Crippen molar-refractivity contribution < 1.29 is 0 Å². The van der Waals surface area contributed by atoms with Gasteiger partial charge in [-0.3, -0.25) is 0 Å². The lowest BCUT2D eigenvalue weighted by Gasteiger charge is -2.05. The third kappa shape index (κ3) is 3.77. The van der Waals surface area contributed by atoms with Crippen molar-refractivity contribution in [1.29, 1.82) is 0 Å². The molecule has 0 bridgehead atoms. The molecule has 0 atom stereocenters. The molecule has 3 heteroatoms. The summed E-state index contributed by atoms with van der Waals surface area (Å²) >= 11 is 1.77. The fourth-order valence-electron chi connectivity index (χ4n) is 1.73. The van der Waals surface area contributed by atoms with Crippen LogP contribution in [0.3, 0.4) is 0 Å². The number of nitrogens with one attached hydrogen (secondary N) is 1. The highest BCUT2D eigenvalue weighted by Crippen LogP contribution is 2.22. The number of rotatable bonds is 5. The molecule has 0 saturated heterocycles. The van der Waals surface area contributed by atoms with E-state index in [2.05, 4.69) is 54.5 Å². The van der Waals surface area contributed by atoms with E-state index in [1.165, 1.54) is 11.1 Å². The molecule has 0 aliphatic heterocycles. The summed E-state index contributed by atoms with van der Waals surface area (Å²) in [6.07, 6.45) is 0. The average molecular weight is 258 g/mol. The van der Waals surface area contributed by atoms with Crippen LogP contribution in [0, 0.1) is 6.92 Å². The molecule has 0 amide bonds. The molecule has 2 nitrogen and oxygen atoms in total. The summed E-state index contributed by atoms with van der Waals surface area (Å²) in [4.78, 5) is 4.55. The molecule has 0 aliphatic rings. The predicted octanol–water partition coefficient (Wildman–Crippen LogP) is 4.11. The van der Waals surface area contributed by atoms with Gasteiger partial charge in [0.15, 0.2) is 0 Å². The van der Waals surface area contributed by atoms with Crippen molar-refractivity contribution in [3.8, 4) is 0 Å². The molecule has 0 saturated carbocycles. The maximum atomic E-state index is 4.55. The first-order valence-electron chi connectivity index (χ1n) is 6.17. The van der Waals surface area contributed by atoms with Gasteiger partial charge < -0.3 is 5.32 Å². The van der Waals surface area contributed by atoms with Crippen LogP contribution >= 0.6 is 11.8 Å². The number of aryl methyl sites for hydroxylation is 1. The van der Waals surface area contributed by atoms with Crippen molar-refractivity contribution in [2.75, 3.05) is 11.9 Å². The molecular formula is C15H18N2S. The minimum Gasteiger partial charge on any atom is -0.370 e. The molecule has 0 radical (unpaired) electrons. The Morgan fingerprint density at radius 1 is 1.17 bits per heavy atom. The van der Waals surface area contributed by atoms with Gasteiger partial charge in [-0.1, -0.05) is 35.9 Å².